The normalized spacial score (nSPS) is 9.50. The summed E-state index contributed by atoms with van der Waals surface area (Å²) in [6.07, 6.45) is 3.40. The fourth-order valence-electron chi connectivity index (χ4n) is 1.12. The number of aromatic nitrogens is 2. The molecular weight excluding hydrogens is 221 g/mol. The number of nitrogens with zero attached hydrogens (tertiary/aromatic N) is 2. The SMILES string of the molecule is Cl.Nc1cn(-c2cccc(Cl)c2)cn1. The highest BCUT2D eigenvalue weighted by Crippen LogP contribution is 2.15. The van der Waals surface area contributed by atoms with E-state index in [0.717, 1.165) is 5.69 Å². The first-order chi connectivity index (χ1) is 6.25. The number of anilines is 1. The van der Waals surface area contributed by atoms with Crippen molar-refractivity contribution in [1.29, 1.82) is 0 Å². The molecule has 0 fully saturated rings. The fourth-order valence-corrected chi connectivity index (χ4v) is 1.30. The van der Waals surface area contributed by atoms with E-state index in [4.69, 9.17) is 17.3 Å². The summed E-state index contributed by atoms with van der Waals surface area (Å²) in [4.78, 5) is 3.92. The van der Waals surface area contributed by atoms with Crippen LogP contribution in [-0.2, 0) is 0 Å². The Morgan fingerprint density at radius 3 is 2.71 bits per heavy atom. The highest BCUT2D eigenvalue weighted by molar-refractivity contribution is 6.30. The van der Waals surface area contributed by atoms with E-state index in [-0.39, 0.29) is 12.4 Å². The Morgan fingerprint density at radius 2 is 2.14 bits per heavy atom. The van der Waals surface area contributed by atoms with E-state index in [1.165, 1.54) is 0 Å². The summed E-state index contributed by atoms with van der Waals surface area (Å²) >= 11 is 5.84. The molecule has 2 N–H and O–H groups in total. The molecular formula is C9H9Cl2N3. The van der Waals surface area contributed by atoms with Gasteiger partial charge in [-0.2, -0.15) is 0 Å². The number of imidazole rings is 1. The van der Waals surface area contributed by atoms with E-state index < -0.39 is 0 Å². The molecule has 3 nitrogen and oxygen atoms in total. The van der Waals surface area contributed by atoms with Gasteiger partial charge in [-0.15, -0.1) is 12.4 Å². The molecule has 0 aliphatic carbocycles. The van der Waals surface area contributed by atoms with Crippen molar-refractivity contribution in [2.45, 2.75) is 0 Å². The predicted molar refractivity (Wildman–Crippen MR) is 60.2 cm³/mol. The molecule has 1 heterocycles. The average Bonchev–Trinajstić information content (AvgIpc) is 2.52. The highest BCUT2D eigenvalue weighted by Gasteiger charge is 1.97. The minimum Gasteiger partial charge on any atom is -0.382 e. The van der Waals surface area contributed by atoms with Crippen molar-refractivity contribution in [1.82, 2.24) is 9.55 Å². The second kappa shape index (κ2) is 4.35. The molecule has 0 atom stereocenters. The van der Waals surface area contributed by atoms with Crippen LogP contribution in [0.5, 0.6) is 0 Å². The molecule has 14 heavy (non-hydrogen) atoms. The third-order valence-electron chi connectivity index (χ3n) is 1.71. The topological polar surface area (TPSA) is 43.8 Å². The minimum absolute atomic E-state index is 0. The van der Waals surface area contributed by atoms with Gasteiger partial charge in [-0.05, 0) is 18.2 Å². The van der Waals surface area contributed by atoms with Crippen molar-refractivity contribution in [2.24, 2.45) is 0 Å². The van der Waals surface area contributed by atoms with E-state index in [9.17, 15) is 0 Å². The standard InChI is InChI=1S/C9H8ClN3.ClH/c10-7-2-1-3-8(4-7)13-5-9(11)12-6-13;/h1-6H,11H2;1H. The van der Waals surface area contributed by atoms with Crippen molar-refractivity contribution in [2.75, 3.05) is 5.73 Å². The number of halogens is 2. The molecule has 74 valence electrons. The van der Waals surface area contributed by atoms with Crippen LogP contribution in [0.3, 0.4) is 0 Å². The maximum Gasteiger partial charge on any atom is 0.141 e. The zero-order valence-electron chi connectivity index (χ0n) is 7.22. The fraction of sp³-hybridized carbons (Fsp3) is 0. The average molecular weight is 230 g/mol. The summed E-state index contributed by atoms with van der Waals surface area (Å²) in [6, 6.07) is 7.49. The molecule has 0 unspecified atom stereocenters. The van der Waals surface area contributed by atoms with E-state index in [2.05, 4.69) is 4.98 Å². The van der Waals surface area contributed by atoms with Gasteiger partial charge in [-0.1, -0.05) is 17.7 Å². The van der Waals surface area contributed by atoms with Crippen molar-refractivity contribution in [3.8, 4) is 5.69 Å². The zero-order chi connectivity index (χ0) is 9.26. The van der Waals surface area contributed by atoms with Gasteiger partial charge in [0, 0.05) is 10.7 Å². The molecule has 0 bridgehead atoms. The van der Waals surface area contributed by atoms with Crippen molar-refractivity contribution < 1.29 is 0 Å². The van der Waals surface area contributed by atoms with Crippen LogP contribution in [0, 0.1) is 0 Å². The van der Waals surface area contributed by atoms with Crippen molar-refractivity contribution in [3.05, 3.63) is 41.8 Å². The lowest BCUT2D eigenvalue weighted by atomic mass is 10.3. The Morgan fingerprint density at radius 1 is 1.36 bits per heavy atom. The second-order valence-electron chi connectivity index (χ2n) is 2.69. The Labute approximate surface area is 92.9 Å². The van der Waals surface area contributed by atoms with Crippen LogP contribution in [0.25, 0.3) is 5.69 Å². The molecule has 0 saturated heterocycles. The summed E-state index contributed by atoms with van der Waals surface area (Å²) in [7, 11) is 0. The quantitative estimate of drug-likeness (QED) is 0.817. The number of benzene rings is 1. The smallest absolute Gasteiger partial charge is 0.141 e. The molecule has 1 aromatic heterocycles. The second-order valence-corrected chi connectivity index (χ2v) is 3.12. The van der Waals surface area contributed by atoms with E-state index in [1.54, 1.807) is 12.5 Å². The summed E-state index contributed by atoms with van der Waals surface area (Å²) < 4.78 is 1.82. The van der Waals surface area contributed by atoms with Crippen LogP contribution in [0.1, 0.15) is 0 Å². The molecule has 0 aliphatic heterocycles. The van der Waals surface area contributed by atoms with E-state index in [0.29, 0.717) is 10.8 Å². The summed E-state index contributed by atoms with van der Waals surface area (Å²) in [5.41, 5.74) is 6.44. The number of nitrogens with two attached hydrogens (primary N) is 1. The Balaban J connectivity index is 0.000000980. The van der Waals surface area contributed by atoms with Crippen LogP contribution in [-0.4, -0.2) is 9.55 Å². The molecule has 1 aromatic carbocycles. The van der Waals surface area contributed by atoms with Gasteiger partial charge in [-0.25, -0.2) is 4.98 Å². The van der Waals surface area contributed by atoms with Gasteiger partial charge in [-0.3, -0.25) is 0 Å². The van der Waals surface area contributed by atoms with Gasteiger partial charge >= 0.3 is 0 Å². The first-order valence-corrected chi connectivity index (χ1v) is 4.19. The molecule has 2 rings (SSSR count). The van der Waals surface area contributed by atoms with Crippen LogP contribution >= 0.6 is 24.0 Å². The summed E-state index contributed by atoms with van der Waals surface area (Å²) in [6.45, 7) is 0. The molecule has 0 aliphatic rings. The third kappa shape index (κ3) is 2.19. The minimum atomic E-state index is 0. The van der Waals surface area contributed by atoms with Gasteiger partial charge in [0.15, 0.2) is 0 Å². The lowest BCUT2D eigenvalue weighted by molar-refractivity contribution is 1.06. The van der Waals surface area contributed by atoms with Crippen LogP contribution in [0.2, 0.25) is 5.02 Å². The summed E-state index contributed by atoms with van der Waals surface area (Å²) in [5.74, 6) is 0.500. The number of rotatable bonds is 1. The van der Waals surface area contributed by atoms with Gasteiger partial charge in [0.25, 0.3) is 0 Å². The van der Waals surface area contributed by atoms with Gasteiger partial charge in [0.2, 0.25) is 0 Å². The van der Waals surface area contributed by atoms with Gasteiger partial charge in [0.1, 0.15) is 12.1 Å². The Bertz CT molecular complexity index is 426. The zero-order valence-corrected chi connectivity index (χ0v) is 8.79. The lowest BCUT2D eigenvalue weighted by Crippen LogP contribution is -1.89. The predicted octanol–water partition coefficient (Wildman–Crippen LogP) is 2.53. The molecule has 0 saturated carbocycles. The molecule has 2 aromatic rings. The first-order valence-electron chi connectivity index (χ1n) is 3.81. The third-order valence-corrected chi connectivity index (χ3v) is 1.94. The summed E-state index contributed by atoms with van der Waals surface area (Å²) in [5, 5.41) is 0.699. The Kier molecular flexibility index (Phi) is 3.38. The number of hydrogen-bond donors (Lipinski definition) is 1. The van der Waals surface area contributed by atoms with Gasteiger partial charge < -0.3 is 10.3 Å². The Hall–Kier alpha value is -1.19. The van der Waals surface area contributed by atoms with E-state index in [1.807, 2.05) is 28.8 Å². The van der Waals surface area contributed by atoms with Crippen molar-refractivity contribution >= 4 is 29.8 Å². The van der Waals surface area contributed by atoms with Crippen LogP contribution in [0.4, 0.5) is 5.82 Å². The number of hydrogen-bond acceptors (Lipinski definition) is 2. The lowest BCUT2D eigenvalue weighted by Gasteiger charge is -2.00. The van der Waals surface area contributed by atoms with Crippen LogP contribution in [0.15, 0.2) is 36.8 Å². The van der Waals surface area contributed by atoms with E-state index >= 15 is 0 Å². The van der Waals surface area contributed by atoms with Gasteiger partial charge in [0.05, 0.1) is 6.20 Å². The maximum absolute atomic E-state index is 5.84. The molecule has 0 radical (unpaired) electrons. The monoisotopic (exact) mass is 229 g/mol. The highest BCUT2D eigenvalue weighted by atomic mass is 35.5. The molecule has 0 amide bonds. The molecule has 5 heteroatoms. The first kappa shape index (κ1) is 10.9. The molecule has 0 spiro atoms. The number of nitrogen functional groups attached to an aromatic ring is 1. The largest absolute Gasteiger partial charge is 0.382 e. The van der Waals surface area contributed by atoms with Crippen LogP contribution < -0.4 is 5.73 Å². The maximum atomic E-state index is 5.84. The van der Waals surface area contributed by atoms with Crippen molar-refractivity contribution in [3.63, 3.8) is 0 Å².